The molecule has 1 heterocycles. The zero-order valence-electron chi connectivity index (χ0n) is 11.1. The molecular weight excluding hydrogens is 268 g/mol. The van der Waals surface area contributed by atoms with Gasteiger partial charge in [0.15, 0.2) is 0 Å². The maximum absolute atomic E-state index is 11.7. The van der Waals surface area contributed by atoms with E-state index in [9.17, 15) is 4.79 Å². The van der Waals surface area contributed by atoms with Crippen molar-refractivity contribution in [1.29, 1.82) is 0 Å². The van der Waals surface area contributed by atoms with Gasteiger partial charge < -0.3 is 10.6 Å². The second-order valence-electron chi connectivity index (χ2n) is 4.64. The molecule has 1 aromatic heterocycles. The monoisotopic (exact) mass is 288 g/mol. The van der Waals surface area contributed by atoms with Crippen LogP contribution in [0.15, 0.2) is 12.1 Å². The summed E-state index contributed by atoms with van der Waals surface area (Å²) >= 11 is 7.38. The number of amides is 1. The molecule has 0 aliphatic heterocycles. The summed E-state index contributed by atoms with van der Waals surface area (Å²) in [5.41, 5.74) is 0. The van der Waals surface area contributed by atoms with Crippen LogP contribution < -0.4 is 10.6 Å². The molecule has 102 valence electrons. The lowest BCUT2D eigenvalue weighted by Crippen LogP contribution is -2.28. The minimum atomic E-state index is 0.0352. The molecule has 1 aromatic rings. The van der Waals surface area contributed by atoms with Gasteiger partial charge in [-0.2, -0.15) is 0 Å². The Balaban J connectivity index is 2.23. The van der Waals surface area contributed by atoms with E-state index >= 15 is 0 Å². The molecule has 0 radical (unpaired) electrons. The third-order valence-corrected chi connectivity index (χ3v) is 3.95. The molecular formula is C13H21ClN2OS. The molecule has 0 spiro atoms. The van der Waals surface area contributed by atoms with Gasteiger partial charge in [-0.25, -0.2) is 0 Å². The summed E-state index contributed by atoms with van der Waals surface area (Å²) < 4.78 is 0.757. The second kappa shape index (κ2) is 7.77. The molecule has 5 heteroatoms. The molecule has 18 heavy (non-hydrogen) atoms. The molecule has 1 unspecified atom stereocenters. The summed E-state index contributed by atoms with van der Waals surface area (Å²) in [4.78, 5) is 12.8. The van der Waals surface area contributed by atoms with Crippen LogP contribution in [0.1, 0.15) is 44.5 Å². The SMILES string of the molecule is CC(C)NCCCC(=O)NC(C)c1ccc(Cl)s1. The van der Waals surface area contributed by atoms with E-state index in [0.29, 0.717) is 12.5 Å². The number of carbonyl (C=O) groups excluding carboxylic acids is 1. The average molecular weight is 289 g/mol. The number of carbonyl (C=O) groups is 1. The topological polar surface area (TPSA) is 41.1 Å². The van der Waals surface area contributed by atoms with Crippen molar-refractivity contribution in [3.8, 4) is 0 Å². The van der Waals surface area contributed by atoms with Gasteiger partial charge in [0, 0.05) is 17.3 Å². The zero-order chi connectivity index (χ0) is 13.5. The van der Waals surface area contributed by atoms with E-state index < -0.39 is 0 Å². The fraction of sp³-hybridized carbons (Fsp3) is 0.615. The van der Waals surface area contributed by atoms with E-state index in [1.165, 1.54) is 11.3 Å². The number of hydrogen-bond donors (Lipinski definition) is 2. The Morgan fingerprint density at radius 1 is 1.39 bits per heavy atom. The first-order chi connectivity index (χ1) is 8.49. The molecule has 0 fully saturated rings. The zero-order valence-corrected chi connectivity index (χ0v) is 12.7. The smallest absolute Gasteiger partial charge is 0.220 e. The molecule has 1 rings (SSSR count). The number of rotatable bonds is 7. The van der Waals surface area contributed by atoms with Crippen molar-refractivity contribution in [2.45, 2.75) is 45.7 Å². The van der Waals surface area contributed by atoms with Crippen LogP contribution in [-0.4, -0.2) is 18.5 Å². The highest BCUT2D eigenvalue weighted by atomic mass is 35.5. The Morgan fingerprint density at radius 2 is 2.11 bits per heavy atom. The summed E-state index contributed by atoms with van der Waals surface area (Å²) in [5, 5.41) is 6.28. The lowest BCUT2D eigenvalue weighted by atomic mass is 10.2. The Hall–Kier alpha value is -0.580. The number of halogens is 1. The first kappa shape index (κ1) is 15.5. The molecule has 1 atom stereocenters. The van der Waals surface area contributed by atoms with Crippen molar-refractivity contribution in [2.75, 3.05) is 6.54 Å². The molecule has 0 aliphatic carbocycles. The Labute approximate surface area is 118 Å². The normalized spacial score (nSPS) is 12.7. The highest BCUT2D eigenvalue weighted by Gasteiger charge is 2.11. The van der Waals surface area contributed by atoms with Gasteiger partial charge in [-0.15, -0.1) is 11.3 Å². The van der Waals surface area contributed by atoms with E-state index in [1.807, 2.05) is 19.1 Å². The maximum Gasteiger partial charge on any atom is 0.220 e. The molecule has 1 amide bonds. The quantitative estimate of drug-likeness (QED) is 0.756. The van der Waals surface area contributed by atoms with Crippen molar-refractivity contribution < 1.29 is 4.79 Å². The third kappa shape index (κ3) is 5.85. The van der Waals surface area contributed by atoms with E-state index in [2.05, 4.69) is 24.5 Å². The van der Waals surface area contributed by atoms with Crippen molar-refractivity contribution >= 4 is 28.8 Å². The van der Waals surface area contributed by atoms with Gasteiger partial charge in [-0.3, -0.25) is 4.79 Å². The largest absolute Gasteiger partial charge is 0.349 e. The maximum atomic E-state index is 11.7. The molecule has 0 aromatic carbocycles. The van der Waals surface area contributed by atoms with Crippen molar-refractivity contribution in [2.24, 2.45) is 0 Å². The average Bonchev–Trinajstić information content (AvgIpc) is 2.71. The predicted molar refractivity (Wildman–Crippen MR) is 78.3 cm³/mol. The van der Waals surface area contributed by atoms with Crippen molar-refractivity contribution in [3.05, 3.63) is 21.3 Å². The van der Waals surface area contributed by atoms with Crippen molar-refractivity contribution in [3.63, 3.8) is 0 Å². The van der Waals surface area contributed by atoms with Crippen LogP contribution in [0.4, 0.5) is 0 Å². The van der Waals surface area contributed by atoms with Gasteiger partial charge in [0.05, 0.1) is 10.4 Å². The fourth-order valence-corrected chi connectivity index (χ4v) is 2.65. The molecule has 0 saturated carbocycles. The van der Waals surface area contributed by atoms with Crippen molar-refractivity contribution in [1.82, 2.24) is 10.6 Å². The van der Waals surface area contributed by atoms with Gasteiger partial charge in [-0.1, -0.05) is 25.4 Å². The van der Waals surface area contributed by atoms with Crippen LogP contribution in [-0.2, 0) is 4.79 Å². The number of nitrogens with one attached hydrogen (secondary N) is 2. The van der Waals surface area contributed by atoms with Gasteiger partial charge in [-0.05, 0) is 32.0 Å². The van der Waals surface area contributed by atoms with E-state index in [4.69, 9.17) is 11.6 Å². The summed E-state index contributed by atoms with van der Waals surface area (Å²) in [6.45, 7) is 7.06. The molecule has 0 aliphatic rings. The van der Waals surface area contributed by atoms with Crippen LogP contribution in [0.3, 0.4) is 0 Å². The van der Waals surface area contributed by atoms with Crippen LogP contribution in [0.25, 0.3) is 0 Å². The Kier molecular flexibility index (Phi) is 6.68. The molecule has 2 N–H and O–H groups in total. The van der Waals surface area contributed by atoms with Crippen LogP contribution in [0.2, 0.25) is 4.34 Å². The lowest BCUT2D eigenvalue weighted by Gasteiger charge is -2.12. The lowest BCUT2D eigenvalue weighted by molar-refractivity contribution is -0.121. The Morgan fingerprint density at radius 3 is 2.67 bits per heavy atom. The molecule has 0 saturated heterocycles. The first-order valence-electron chi connectivity index (χ1n) is 6.27. The third-order valence-electron chi connectivity index (χ3n) is 2.53. The van der Waals surface area contributed by atoms with Gasteiger partial charge in [0.1, 0.15) is 0 Å². The second-order valence-corrected chi connectivity index (χ2v) is 6.39. The Bertz CT molecular complexity index is 379. The van der Waals surface area contributed by atoms with E-state index in [-0.39, 0.29) is 11.9 Å². The molecule has 3 nitrogen and oxygen atoms in total. The summed E-state index contributed by atoms with van der Waals surface area (Å²) in [6, 6.07) is 4.32. The number of hydrogen-bond acceptors (Lipinski definition) is 3. The fourth-order valence-electron chi connectivity index (χ4n) is 1.59. The standard InChI is InChI=1S/C13H21ClN2OS/c1-9(2)15-8-4-5-13(17)16-10(3)11-6-7-12(14)18-11/h6-7,9-10,15H,4-5,8H2,1-3H3,(H,16,17). The predicted octanol–water partition coefficient (Wildman–Crippen LogP) is 3.36. The first-order valence-corrected chi connectivity index (χ1v) is 7.46. The highest BCUT2D eigenvalue weighted by molar-refractivity contribution is 7.16. The highest BCUT2D eigenvalue weighted by Crippen LogP contribution is 2.26. The van der Waals surface area contributed by atoms with Crippen LogP contribution in [0, 0.1) is 0 Å². The van der Waals surface area contributed by atoms with Crippen LogP contribution >= 0.6 is 22.9 Å². The minimum absolute atomic E-state index is 0.0352. The van der Waals surface area contributed by atoms with E-state index in [0.717, 1.165) is 22.2 Å². The summed E-state index contributed by atoms with van der Waals surface area (Å²) in [7, 11) is 0. The summed E-state index contributed by atoms with van der Waals surface area (Å²) in [6.07, 6.45) is 1.42. The van der Waals surface area contributed by atoms with E-state index in [1.54, 1.807) is 0 Å². The minimum Gasteiger partial charge on any atom is -0.349 e. The number of thiophene rings is 1. The van der Waals surface area contributed by atoms with Gasteiger partial charge in [0.25, 0.3) is 0 Å². The van der Waals surface area contributed by atoms with Gasteiger partial charge >= 0.3 is 0 Å². The molecule has 0 bridgehead atoms. The van der Waals surface area contributed by atoms with Gasteiger partial charge in [0.2, 0.25) is 5.91 Å². The summed E-state index contributed by atoms with van der Waals surface area (Å²) in [5.74, 6) is 0.0950. The van der Waals surface area contributed by atoms with Crippen LogP contribution in [0.5, 0.6) is 0 Å².